The first kappa shape index (κ1) is 14.0. The van der Waals surface area contributed by atoms with Crippen molar-refractivity contribution in [2.45, 2.75) is 0 Å². The van der Waals surface area contributed by atoms with Crippen LogP contribution in [0.3, 0.4) is 0 Å². The molecular weight excluding hydrogens is 300 g/mol. The number of aromatic amines is 1. The molecule has 0 saturated carbocycles. The number of phenolic OH excluding ortho intramolecular Hbond substituents is 1. The summed E-state index contributed by atoms with van der Waals surface area (Å²) in [4.78, 5) is 12.9. The summed E-state index contributed by atoms with van der Waals surface area (Å²) < 4.78 is 0. The number of para-hydroxylation sites is 1. The zero-order valence-corrected chi connectivity index (χ0v) is 12.2. The van der Waals surface area contributed by atoms with Gasteiger partial charge in [0, 0.05) is 5.56 Å². The van der Waals surface area contributed by atoms with Crippen LogP contribution < -0.4 is 5.43 Å². The van der Waals surface area contributed by atoms with E-state index < -0.39 is 5.91 Å². The maximum Gasteiger partial charge on any atom is 0.291 e. The number of hydrogen-bond donors (Lipinski definition) is 3. The summed E-state index contributed by atoms with van der Waals surface area (Å²) in [5.74, 6) is -0.328. The van der Waals surface area contributed by atoms with Crippen LogP contribution in [0.5, 0.6) is 5.75 Å². The number of aromatic nitrogens is 2. The van der Waals surface area contributed by atoms with Gasteiger partial charge in [0.15, 0.2) is 5.69 Å². The van der Waals surface area contributed by atoms with Crippen LogP contribution in [0.1, 0.15) is 16.1 Å². The van der Waals surface area contributed by atoms with E-state index in [2.05, 4.69) is 20.7 Å². The Kier molecular flexibility index (Phi) is 3.97. The van der Waals surface area contributed by atoms with E-state index in [1.54, 1.807) is 41.7 Å². The van der Waals surface area contributed by atoms with Gasteiger partial charge >= 0.3 is 0 Å². The minimum Gasteiger partial charge on any atom is -0.507 e. The molecule has 0 spiro atoms. The van der Waals surface area contributed by atoms with E-state index in [9.17, 15) is 9.90 Å². The lowest BCUT2D eigenvalue weighted by Gasteiger charge is -1.97. The summed E-state index contributed by atoms with van der Waals surface area (Å²) in [5, 5.41) is 22.1. The standard InChI is InChI=1S/C15H12N4O2S/c20-13-5-2-1-4-10(13)9-16-19-15(21)12-8-11(17-18-12)14-6-3-7-22-14/h1-9,20H,(H,17,18)(H,19,21)/b16-9-. The van der Waals surface area contributed by atoms with Crippen molar-refractivity contribution in [1.29, 1.82) is 0 Å². The number of carbonyl (C=O) groups excluding carboxylic acids is 1. The van der Waals surface area contributed by atoms with Crippen LogP contribution in [0.4, 0.5) is 0 Å². The quantitative estimate of drug-likeness (QED) is 0.511. The van der Waals surface area contributed by atoms with Gasteiger partial charge in [-0.1, -0.05) is 18.2 Å². The minimum atomic E-state index is -0.425. The second-order valence-electron chi connectivity index (χ2n) is 4.40. The van der Waals surface area contributed by atoms with Gasteiger partial charge in [-0.05, 0) is 29.6 Å². The lowest BCUT2D eigenvalue weighted by atomic mass is 10.2. The van der Waals surface area contributed by atoms with Crippen LogP contribution in [0, 0.1) is 0 Å². The first-order chi connectivity index (χ1) is 10.7. The predicted molar refractivity (Wildman–Crippen MR) is 85.1 cm³/mol. The zero-order chi connectivity index (χ0) is 15.4. The molecule has 6 nitrogen and oxygen atoms in total. The molecule has 22 heavy (non-hydrogen) atoms. The number of nitrogens with one attached hydrogen (secondary N) is 2. The lowest BCUT2D eigenvalue weighted by Crippen LogP contribution is -2.18. The van der Waals surface area contributed by atoms with E-state index in [0.29, 0.717) is 5.56 Å². The van der Waals surface area contributed by atoms with Crippen LogP contribution in [0.25, 0.3) is 10.6 Å². The normalized spacial score (nSPS) is 10.9. The molecule has 0 unspecified atom stereocenters. The first-order valence-corrected chi connectivity index (χ1v) is 7.32. The van der Waals surface area contributed by atoms with Crippen LogP contribution in [-0.4, -0.2) is 27.4 Å². The number of amides is 1. The van der Waals surface area contributed by atoms with Crippen molar-refractivity contribution < 1.29 is 9.90 Å². The van der Waals surface area contributed by atoms with Gasteiger partial charge in [-0.25, -0.2) is 5.43 Å². The van der Waals surface area contributed by atoms with Crippen LogP contribution in [0.2, 0.25) is 0 Å². The van der Waals surface area contributed by atoms with Crippen molar-refractivity contribution in [3.8, 4) is 16.3 Å². The van der Waals surface area contributed by atoms with Crippen LogP contribution in [0.15, 0.2) is 52.9 Å². The Labute approximate surface area is 130 Å². The van der Waals surface area contributed by atoms with Gasteiger partial charge in [0.05, 0.1) is 16.8 Å². The summed E-state index contributed by atoms with van der Waals surface area (Å²) >= 11 is 1.56. The molecule has 2 aromatic heterocycles. The molecule has 110 valence electrons. The molecule has 7 heteroatoms. The van der Waals surface area contributed by atoms with Crippen LogP contribution >= 0.6 is 11.3 Å². The van der Waals surface area contributed by atoms with Gasteiger partial charge in [-0.15, -0.1) is 11.3 Å². The van der Waals surface area contributed by atoms with Crippen molar-refractivity contribution in [3.63, 3.8) is 0 Å². The third kappa shape index (κ3) is 3.04. The number of rotatable bonds is 4. The third-order valence-corrected chi connectivity index (χ3v) is 3.81. The molecule has 0 aliphatic heterocycles. The highest BCUT2D eigenvalue weighted by Gasteiger charge is 2.11. The second kappa shape index (κ2) is 6.23. The summed E-state index contributed by atoms with van der Waals surface area (Å²) in [6.07, 6.45) is 1.38. The number of hydrazone groups is 1. The maximum atomic E-state index is 11.9. The molecule has 0 fully saturated rings. The highest BCUT2D eigenvalue weighted by atomic mass is 32.1. The van der Waals surface area contributed by atoms with E-state index >= 15 is 0 Å². The van der Waals surface area contributed by atoms with Crippen molar-refractivity contribution in [2.24, 2.45) is 5.10 Å². The maximum absolute atomic E-state index is 11.9. The average molecular weight is 312 g/mol. The molecule has 3 aromatic rings. The van der Waals surface area contributed by atoms with Crippen LogP contribution in [-0.2, 0) is 0 Å². The summed E-state index contributed by atoms with van der Waals surface area (Å²) in [7, 11) is 0. The van der Waals surface area contributed by atoms with Crippen molar-refractivity contribution in [3.05, 3.63) is 59.1 Å². The molecule has 3 N–H and O–H groups in total. The molecule has 1 amide bonds. The fraction of sp³-hybridized carbons (Fsp3) is 0. The highest BCUT2D eigenvalue weighted by molar-refractivity contribution is 7.13. The van der Waals surface area contributed by atoms with Crippen molar-refractivity contribution in [1.82, 2.24) is 15.6 Å². The smallest absolute Gasteiger partial charge is 0.291 e. The molecule has 0 radical (unpaired) electrons. The number of nitrogens with zero attached hydrogens (tertiary/aromatic N) is 2. The van der Waals surface area contributed by atoms with Gasteiger partial charge in [0.25, 0.3) is 5.91 Å². The number of thiophene rings is 1. The molecule has 0 bridgehead atoms. The number of carbonyl (C=O) groups is 1. The molecule has 3 rings (SSSR count). The molecule has 1 aromatic carbocycles. The summed E-state index contributed by atoms with van der Waals surface area (Å²) in [6, 6.07) is 12.2. The predicted octanol–water partition coefficient (Wildman–Crippen LogP) is 2.61. The number of aromatic hydroxyl groups is 1. The number of hydrogen-bond acceptors (Lipinski definition) is 5. The third-order valence-electron chi connectivity index (χ3n) is 2.90. The topological polar surface area (TPSA) is 90.4 Å². The second-order valence-corrected chi connectivity index (χ2v) is 5.35. The Bertz CT molecular complexity index is 809. The summed E-state index contributed by atoms with van der Waals surface area (Å²) in [5.41, 5.74) is 3.92. The SMILES string of the molecule is O=C(N/N=C\c1ccccc1O)c1cc(-c2cccs2)[nH]n1. The Morgan fingerprint density at radius 2 is 2.18 bits per heavy atom. The van der Waals surface area contributed by atoms with E-state index in [1.165, 1.54) is 6.21 Å². The van der Waals surface area contributed by atoms with Crippen molar-refractivity contribution >= 4 is 23.5 Å². The molecule has 0 saturated heterocycles. The Morgan fingerprint density at radius 1 is 1.32 bits per heavy atom. The fourth-order valence-electron chi connectivity index (χ4n) is 1.81. The minimum absolute atomic E-state index is 0.0975. The van der Waals surface area contributed by atoms with Gasteiger partial charge in [0.1, 0.15) is 5.75 Å². The molecule has 0 aliphatic rings. The number of H-pyrrole nitrogens is 1. The Morgan fingerprint density at radius 3 is 2.95 bits per heavy atom. The van der Waals surface area contributed by atoms with Gasteiger partial charge in [-0.2, -0.15) is 10.2 Å². The largest absolute Gasteiger partial charge is 0.507 e. The van der Waals surface area contributed by atoms with E-state index in [-0.39, 0.29) is 11.4 Å². The Balaban J connectivity index is 1.67. The molecule has 2 heterocycles. The molecular formula is C15H12N4O2S. The Hall–Kier alpha value is -2.93. The van der Waals surface area contributed by atoms with E-state index in [1.807, 2.05) is 17.5 Å². The monoisotopic (exact) mass is 312 g/mol. The average Bonchev–Trinajstić information content (AvgIpc) is 3.20. The fourth-order valence-corrected chi connectivity index (χ4v) is 2.50. The lowest BCUT2D eigenvalue weighted by molar-refractivity contribution is 0.0950. The van der Waals surface area contributed by atoms with Gasteiger partial charge < -0.3 is 5.11 Å². The van der Waals surface area contributed by atoms with E-state index in [0.717, 1.165) is 10.6 Å². The van der Waals surface area contributed by atoms with E-state index in [4.69, 9.17) is 0 Å². The number of benzene rings is 1. The highest BCUT2D eigenvalue weighted by Crippen LogP contribution is 2.22. The van der Waals surface area contributed by atoms with Gasteiger partial charge in [-0.3, -0.25) is 9.89 Å². The number of phenols is 1. The van der Waals surface area contributed by atoms with Crippen molar-refractivity contribution in [2.75, 3.05) is 0 Å². The molecule has 0 aliphatic carbocycles. The zero-order valence-electron chi connectivity index (χ0n) is 11.4. The summed E-state index contributed by atoms with van der Waals surface area (Å²) in [6.45, 7) is 0. The van der Waals surface area contributed by atoms with Gasteiger partial charge in [0.2, 0.25) is 0 Å². The molecule has 0 atom stereocenters. The first-order valence-electron chi connectivity index (χ1n) is 6.45.